The Morgan fingerprint density at radius 3 is 2.17 bits per heavy atom. The molecule has 0 aliphatic heterocycles. The maximum absolute atomic E-state index is 4.03. The van der Waals surface area contributed by atoms with E-state index in [-0.39, 0.29) is 0 Å². The van der Waals surface area contributed by atoms with Gasteiger partial charge in [0.25, 0.3) is 0 Å². The normalized spacial score (nSPS) is 16.0. The lowest BCUT2D eigenvalue weighted by atomic mass is 10.1. The van der Waals surface area contributed by atoms with Crippen LogP contribution in [-0.2, 0) is 0 Å². The Morgan fingerprint density at radius 1 is 1.08 bits per heavy atom. The highest BCUT2D eigenvalue weighted by atomic mass is 127. The van der Waals surface area contributed by atoms with E-state index in [0.717, 1.165) is 3.92 Å². The van der Waals surface area contributed by atoms with Crippen LogP contribution in [-0.4, -0.2) is 7.85 Å². The zero-order valence-electron chi connectivity index (χ0n) is 7.86. The molecule has 0 aliphatic rings. The molecule has 2 unspecified atom stereocenters. The predicted molar refractivity (Wildman–Crippen MR) is 74.3 cm³/mol. The van der Waals surface area contributed by atoms with Crippen molar-refractivity contribution in [1.82, 2.24) is 0 Å². The Kier molecular flexibility index (Phi) is 10.1. The topological polar surface area (TPSA) is 0 Å². The molecule has 0 bridgehead atoms. The minimum Gasteiger partial charge on any atom is -0.0815 e. The Morgan fingerprint density at radius 2 is 1.67 bits per heavy atom. The van der Waals surface area contributed by atoms with Gasteiger partial charge >= 0.3 is 0 Å². The first-order valence-corrected chi connectivity index (χ1v) is 7.28. The van der Waals surface area contributed by atoms with Gasteiger partial charge in [0, 0.05) is 7.85 Å². The molecule has 12 heavy (non-hydrogen) atoms. The van der Waals surface area contributed by atoms with Crippen molar-refractivity contribution >= 4 is 45.2 Å². The number of alkyl halides is 2. The molecule has 0 aromatic carbocycles. The molecular formula is C10H19I2. The Hall–Kier alpha value is 1.46. The fourth-order valence-electron chi connectivity index (χ4n) is 1.12. The average molecular weight is 393 g/mol. The third kappa shape index (κ3) is 8.08. The largest absolute Gasteiger partial charge is 0.0815 e. The number of hydrogen-bond acceptors (Lipinski definition) is 0. The molecule has 0 aromatic heterocycles. The van der Waals surface area contributed by atoms with Crippen LogP contribution in [0.4, 0.5) is 0 Å². The minimum absolute atomic E-state index is 0.578. The second-order valence-electron chi connectivity index (χ2n) is 3.23. The van der Waals surface area contributed by atoms with Gasteiger partial charge in [0.15, 0.2) is 0 Å². The molecule has 2 atom stereocenters. The van der Waals surface area contributed by atoms with Crippen molar-refractivity contribution in [3.63, 3.8) is 0 Å². The summed E-state index contributed by atoms with van der Waals surface area (Å²) in [6.45, 7) is 6.29. The summed E-state index contributed by atoms with van der Waals surface area (Å²) in [5.41, 5.74) is 0. The summed E-state index contributed by atoms with van der Waals surface area (Å²) in [5, 5.41) is 0. The number of halogens is 2. The van der Waals surface area contributed by atoms with Gasteiger partial charge in [0.2, 0.25) is 0 Å². The molecule has 0 nitrogen and oxygen atoms in total. The maximum Gasteiger partial charge on any atom is 0.0228 e. The summed E-state index contributed by atoms with van der Waals surface area (Å²) in [5.74, 6) is 0. The van der Waals surface area contributed by atoms with Crippen LogP contribution in [0, 0.1) is 6.92 Å². The molecule has 0 saturated heterocycles. The minimum atomic E-state index is 0.578. The van der Waals surface area contributed by atoms with E-state index in [1.54, 1.807) is 0 Å². The van der Waals surface area contributed by atoms with Crippen LogP contribution < -0.4 is 0 Å². The van der Waals surface area contributed by atoms with E-state index < -0.39 is 0 Å². The molecule has 0 aliphatic carbocycles. The molecular weight excluding hydrogens is 374 g/mol. The van der Waals surface area contributed by atoms with Crippen LogP contribution in [0.25, 0.3) is 0 Å². The first-order chi connectivity index (χ1) is 5.68. The first-order valence-electron chi connectivity index (χ1n) is 4.79. The predicted octanol–water partition coefficient (Wildman–Crippen LogP) is 4.79. The van der Waals surface area contributed by atoms with Crippen LogP contribution >= 0.6 is 45.2 Å². The fraction of sp³-hybridized carbons (Fsp3) is 0.900. The van der Waals surface area contributed by atoms with Crippen molar-refractivity contribution in [1.29, 1.82) is 0 Å². The molecule has 0 aromatic rings. The second kappa shape index (κ2) is 9.03. The Labute approximate surface area is 105 Å². The lowest BCUT2D eigenvalue weighted by Crippen LogP contribution is -2.09. The lowest BCUT2D eigenvalue weighted by molar-refractivity contribution is 0.607. The van der Waals surface area contributed by atoms with Gasteiger partial charge in [-0.1, -0.05) is 84.2 Å². The molecule has 0 heterocycles. The molecule has 2 heteroatoms. The number of hydrogen-bond donors (Lipinski definition) is 0. The van der Waals surface area contributed by atoms with E-state index in [4.69, 9.17) is 0 Å². The van der Waals surface area contributed by atoms with Crippen molar-refractivity contribution in [3.8, 4) is 0 Å². The molecule has 1 radical (unpaired) electrons. The highest BCUT2D eigenvalue weighted by Gasteiger charge is 2.08. The van der Waals surface area contributed by atoms with Crippen molar-refractivity contribution in [2.45, 2.75) is 53.3 Å². The third-order valence-corrected chi connectivity index (χ3v) is 5.71. The van der Waals surface area contributed by atoms with Crippen molar-refractivity contribution in [2.24, 2.45) is 0 Å². The van der Waals surface area contributed by atoms with Crippen molar-refractivity contribution in [3.05, 3.63) is 6.92 Å². The Balaban J connectivity index is 3.08. The van der Waals surface area contributed by atoms with Gasteiger partial charge in [0.05, 0.1) is 0 Å². The van der Waals surface area contributed by atoms with E-state index in [1.807, 2.05) is 0 Å². The van der Waals surface area contributed by atoms with Gasteiger partial charge in [-0.3, -0.25) is 0 Å². The second-order valence-corrected chi connectivity index (χ2v) is 6.43. The monoisotopic (exact) mass is 393 g/mol. The summed E-state index contributed by atoms with van der Waals surface area (Å²) in [6, 6.07) is 0. The molecule has 0 fully saturated rings. The van der Waals surface area contributed by atoms with Crippen LogP contribution in [0.1, 0.15) is 45.4 Å². The third-order valence-electron chi connectivity index (χ3n) is 1.98. The molecule has 73 valence electrons. The molecule has 0 N–H and O–H groups in total. The average Bonchev–Trinajstić information content (AvgIpc) is 2.03. The molecule has 0 spiro atoms. The van der Waals surface area contributed by atoms with E-state index >= 15 is 0 Å². The highest BCUT2D eigenvalue weighted by molar-refractivity contribution is 14.1. The lowest BCUT2D eigenvalue weighted by Gasteiger charge is -2.11. The Bertz CT molecular complexity index is 91.8. The van der Waals surface area contributed by atoms with Gasteiger partial charge in [-0.15, -0.1) is 0 Å². The van der Waals surface area contributed by atoms with Crippen LogP contribution in [0.15, 0.2) is 0 Å². The molecule has 0 saturated carbocycles. The summed E-state index contributed by atoms with van der Waals surface area (Å²) in [4.78, 5) is 0. The quantitative estimate of drug-likeness (QED) is 0.332. The first kappa shape index (κ1) is 13.5. The summed E-state index contributed by atoms with van der Waals surface area (Å²) >= 11 is 4.94. The smallest absolute Gasteiger partial charge is 0.0228 e. The number of rotatable bonds is 7. The van der Waals surface area contributed by atoms with Gasteiger partial charge in [-0.2, -0.15) is 0 Å². The molecule has 0 rings (SSSR count). The standard InChI is InChI=1S/C10H19I2/c1-3-4-5-6-7-8-10(12)9(2)11/h9-10H,2-8H2,1H3. The zero-order chi connectivity index (χ0) is 9.40. The SMILES string of the molecule is [CH2]C(I)C(I)CCCCCCC. The zero-order valence-corrected chi connectivity index (χ0v) is 12.2. The van der Waals surface area contributed by atoms with E-state index in [2.05, 4.69) is 59.0 Å². The van der Waals surface area contributed by atoms with Gasteiger partial charge in [-0.25, -0.2) is 0 Å². The fourth-order valence-corrected chi connectivity index (χ4v) is 1.92. The van der Waals surface area contributed by atoms with E-state index in [1.165, 1.54) is 38.5 Å². The van der Waals surface area contributed by atoms with Crippen molar-refractivity contribution in [2.75, 3.05) is 0 Å². The summed E-state index contributed by atoms with van der Waals surface area (Å²) in [7, 11) is 0. The van der Waals surface area contributed by atoms with Gasteiger partial charge < -0.3 is 0 Å². The van der Waals surface area contributed by atoms with Crippen LogP contribution in [0.2, 0.25) is 0 Å². The van der Waals surface area contributed by atoms with Crippen LogP contribution in [0.3, 0.4) is 0 Å². The van der Waals surface area contributed by atoms with E-state index in [9.17, 15) is 0 Å². The van der Waals surface area contributed by atoms with Crippen molar-refractivity contribution < 1.29 is 0 Å². The van der Waals surface area contributed by atoms with Gasteiger partial charge in [0.1, 0.15) is 0 Å². The highest BCUT2D eigenvalue weighted by Crippen LogP contribution is 2.20. The number of unbranched alkanes of at least 4 members (excludes halogenated alkanes) is 4. The van der Waals surface area contributed by atoms with Gasteiger partial charge in [-0.05, 0) is 13.3 Å². The summed E-state index contributed by atoms with van der Waals surface area (Å²) < 4.78 is 1.35. The summed E-state index contributed by atoms with van der Waals surface area (Å²) in [6.07, 6.45) is 8.32. The van der Waals surface area contributed by atoms with Crippen LogP contribution in [0.5, 0.6) is 0 Å². The maximum atomic E-state index is 4.03. The molecule has 0 amide bonds. The van der Waals surface area contributed by atoms with E-state index in [0.29, 0.717) is 3.92 Å².